The fourth-order valence-electron chi connectivity index (χ4n) is 3.27. The highest BCUT2D eigenvalue weighted by Gasteiger charge is 2.27. The summed E-state index contributed by atoms with van der Waals surface area (Å²) in [5.41, 5.74) is 2.31. The zero-order chi connectivity index (χ0) is 13.8. The molecule has 0 unspecified atom stereocenters. The van der Waals surface area contributed by atoms with Gasteiger partial charge < -0.3 is 0 Å². The molecule has 0 aromatic carbocycles. The Kier molecular flexibility index (Phi) is 12.8. The van der Waals surface area contributed by atoms with Crippen LogP contribution in [0.4, 0.5) is 0 Å². The maximum Gasteiger partial charge on any atom is -0.0209 e. The van der Waals surface area contributed by atoms with Gasteiger partial charge in [-0.05, 0) is 43.7 Å². The first kappa shape index (κ1) is 18.4. The molecule has 0 nitrogen and oxygen atoms in total. The summed E-state index contributed by atoms with van der Waals surface area (Å²) in [4.78, 5) is 0. The summed E-state index contributed by atoms with van der Waals surface area (Å²) < 4.78 is 0. The minimum absolute atomic E-state index is 0.383. The second-order valence-electron chi connectivity index (χ2n) is 5.25. The van der Waals surface area contributed by atoms with Crippen molar-refractivity contribution < 1.29 is 0 Å². The summed E-state index contributed by atoms with van der Waals surface area (Å²) in [6.45, 7) is 10.6. The molecule has 110 valence electrons. The van der Waals surface area contributed by atoms with Crippen molar-refractivity contribution in [2.24, 2.45) is 0 Å². The SMILES string of the molecule is CC.CC.CP(C1CCCCC1)C1CCCCC1. The van der Waals surface area contributed by atoms with Crippen LogP contribution in [0.15, 0.2) is 0 Å². The summed E-state index contributed by atoms with van der Waals surface area (Å²) >= 11 is 0. The molecule has 2 saturated carbocycles. The van der Waals surface area contributed by atoms with Crippen LogP contribution in [0.2, 0.25) is 0 Å². The third kappa shape index (κ3) is 6.55. The normalized spacial score (nSPS) is 21.7. The van der Waals surface area contributed by atoms with Crippen LogP contribution in [0, 0.1) is 0 Å². The van der Waals surface area contributed by atoms with Gasteiger partial charge in [0, 0.05) is 0 Å². The van der Waals surface area contributed by atoms with Gasteiger partial charge in [0.05, 0.1) is 0 Å². The van der Waals surface area contributed by atoms with Crippen molar-refractivity contribution in [3.8, 4) is 0 Å². The van der Waals surface area contributed by atoms with Crippen molar-refractivity contribution in [1.82, 2.24) is 0 Å². The Bertz CT molecular complexity index is 137. The molecule has 0 heterocycles. The monoisotopic (exact) mass is 272 g/mol. The summed E-state index contributed by atoms with van der Waals surface area (Å²) in [6.07, 6.45) is 15.4. The molecule has 0 atom stereocenters. The van der Waals surface area contributed by atoms with Gasteiger partial charge in [-0.15, -0.1) is 7.92 Å². The predicted octanol–water partition coefficient (Wildman–Crippen LogP) is 6.82. The number of hydrogen-bond acceptors (Lipinski definition) is 0. The summed E-state index contributed by atoms with van der Waals surface area (Å²) in [5.74, 6) is 0. The van der Waals surface area contributed by atoms with Gasteiger partial charge in [0.15, 0.2) is 0 Å². The largest absolute Gasteiger partial charge is 0.104 e. The van der Waals surface area contributed by atoms with Crippen molar-refractivity contribution in [2.75, 3.05) is 6.66 Å². The molecule has 2 fully saturated rings. The maximum absolute atomic E-state index is 2.61. The summed E-state index contributed by atoms with van der Waals surface area (Å²) in [5, 5.41) is 0. The molecule has 0 aromatic rings. The van der Waals surface area contributed by atoms with Gasteiger partial charge in [-0.1, -0.05) is 66.2 Å². The second kappa shape index (κ2) is 12.5. The molecule has 0 amide bonds. The lowest BCUT2D eigenvalue weighted by Crippen LogP contribution is -2.19. The first-order chi connectivity index (χ1) is 8.88. The van der Waals surface area contributed by atoms with E-state index in [9.17, 15) is 0 Å². The number of hydrogen-bond donors (Lipinski definition) is 0. The van der Waals surface area contributed by atoms with Gasteiger partial charge in [0.1, 0.15) is 0 Å². The summed E-state index contributed by atoms with van der Waals surface area (Å²) in [6, 6.07) is 0. The number of rotatable bonds is 2. The van der Waals surface area contributed by atoms with Gasteiger partial charge in [0.25, 0.3) is 0 Å². The van der Waals surface area contributed by atoms with Gasteiger partial charge in [-0.3, -0.25) is 0 Å². The van der Waals surface area contributed by atoms with E-state index in [-0.39, 0.29) is 0 Å². The highest BCUT2D eigenvalue weighted by atomic mass is 31.1. The van der Waals surface area contributed by atoms with Gasteiger partial charge in [0.2, 0.25) is 0 Å². The molecule has 0 radical (unpaired) electrons. The first-order valence-corrected chi connectivity index (χ1v) is 10.5. The Labute approximate surface area is 118 Å². The molecule has 0 spiro atoms. The molecule has 0 bridgehead atoms. The van der Waals surface area contributed by atoms with E-state index < -0.39 is 0 Å². The molecule has 0 aliphatic heterocycles. The fraction of sp³-hybridized carbons (Fsp3) is 1.00. The summed E-state index contributed by atoms with van der Waals surface area (Å²) in [7, 11) is 0.383. The van der Waals surface area contributed by atoms with Crippen molar-refractivity contribution in [3.05, 3.63) is 0 Å². The van der Waals surface area contributed by atoms with E-state index in [1.165, 1.54) is 38.5 Å². The lowest BCUT2D eigenvalue weighted by Gasteiger charge is -2.36. The van der Waals surface area contributed by atoms with E-state index in [1.807, 2.05) is 27.7 Å². The van der Waals surface area contributed by atoms with Crippen LogP contribution in [-0.2, 0) is 0 Å². The average Bonchev–Trinajstić information content (AvgIpc) is 2.52. The van der Waals surface area contributed by atoms with Crippen LogP contribution in [0.25, 0.3) is 0 Å². The lowest BCUT2D eigenvalue weighted by atomic mass is 9.99. The smallest absolute Gasteiger partial charge is 0.0209 e. The van der Waals surface area contributed by atoms with Gasteiger partial charge in [-0.25, -0.2) is 0 Å². The topological polar surface area (TPSA) is 0 Å². The second-order valence-corrected chi connectivity index (χ2v) is 8.04. The predicted molar refractivity (Wildman–Crippen MR) is 89.3 cm³/mol. The highest BCUT2D eigenvalue weighted by molar-refractivity contribution is 7.58. The molecular formula is C17H37P. The molecule has 0 aromatic heterocycles. The lowest BCUT2D eigenvalue weighted by molar-refractivity contribution is 0.486. The van der Waals surface area contributed by atoms with Crippen LogP contribution in [0.3, 0.4) is 0 Å². The van der Waals surface area contributed by atoms with Crippen molar-refractivity contribution >= 4 is 7.92 Å². The zero-order valence-electron chi connectivity index (χ0n) is 13.7. The molecule has 18 heavy (non-hydrogen) atoms. The maximum atomic E-state index is 2.61. The van der Waals surface area contributed by atoms with Crippen LogP contribution in [0.5, 0.6) is 0 Å². The third-order valence-corrected chi connectivity index (χ3v) is 7.64. The Morgan fingerprint density at radius 1 is 0.556 bits per heavy atom. The minimum Gasteiger partial charge on any atom is -0.104 e. The standard InChI is InChI=1S/C13H25P.2C2H6/c1-14(12-8-4-2-5-9-12)13-10-6-3-7-11-13;2*1-2/h12-13H,2-11H2,1H3;2*1-2H3. The molecule has 1 heteroatoms. The van der Waals surface area contributed by atoms with Crippen LogP contribution in [-0.4, -0.2) is 18.0 Å². The Balaban J connectivity index is 0.000000659. The van der Waals surface area contributed by atoms with Crippen LogP contribution in [0.1, 0.15) is 91.9 Å². The first-order valence-electron chi connectivity index (χ1n) is 8.60. The molecule has 0 N–H and O–H groups in total. The Morgan fingerprint density at radius 3 is 1.11 bits per heavy atom. The Hall–Kier alpha value is 0.430. The van der Waals surface area contributed by atoms with Crippen molar-refractivity contribution in [3.63, 3.8) is 0 Å². The van der Waals surface area contributed by atoms with E-state index in [0.29, 0.717) is 7.92 Å². The molecular weight excluding hydrogens is 235 g/mol. The van der Waals surface area contributed by atoms with E-state index in [4.69, 9.17) is 0 Å². The van der Waals surface area contributed by atoms with Crippen LogP contribution >= 0.6 is 7.92 Å². The van der Waals surface area contributed by atoms with Gasteiger partial charge >= 0.3 is 0 Å². The Morgan fingerprint density at radius 2 is 0.833 bits per heavy atom. The van der Waals surface area contributed by atoms with Crippen LogP contribution < -0.4 is 0 Å². The molecule has 2 rings (SSSR count). The van der Waals surface area contributed by atoms with E-state index in [1.54, 1.807) is 25.7 Å². The fourth-order valence-corrected chi connectivity index (χ4v) is 6.23. The van der Waals surface area contributed by atoms with E-state index in [2.05, 4.69) is 6.66 Å². The van der Waals surface area contributed by atoms with Crippen molar-refractivity contribution in [2.45, 2.75) is 103 Å². The van der Waals surface area contributed by atoms with Crippen molar-refractivity contribution in [1.29, 1.82) is 0 Å². The molecule has 2 aliphatic carbocycles. The van der Waals surface area contributed by atoms with Gasteiger partial charge in [-0.2, -0.15) is 0 Å². The molecule has 0 saturated heterocycles. The average molecular weight is 272 g/mol. The van der Waals surface area contributed by atoms with E-state index in [0.717, 1.165) is 11.3 Å². The molecule has 2 aliphatic rings. The third-order valence-electron chi connectivity index (χ3n) is 4.30. The minimum atomic E-state index is 0.383. The highest BCUT2D eigenvalue weighted by Crippen LogP contribution is 2.52. The zero-order valence-corrected chi connectivity index (χ0v) is 14.6. The quantitative estimate of drug-likeness (QED) is 0.484. The van der Waals surface area contributed by atoms with E-state index >= 15 is 0 Å².